The van der Waals surface area contributed by atoms with E-state index in [-0.39, 0.29) is 0 Å². The molecule has 0 saturated carbocycles. The van der Waals surface area contributed by atoms with Gasteiger partial charge in [-0.15, -0.1) is 0 Å². The second kappa shape index (κ2) is 8.85. The van der Waals surface area contributed by atoms with Gasteiger partial charge in [-0.2, -0.15) is 0 Å². The summed E-state index contributed by atoms with van der Waals surface area (Å²) >= 11 is 0. The lowest BCUT2D eigenvalue weighted by molar-refractivity contribution is -0.143. The highest BCUT2D eigenvalue weighted by Crippen LogP contribution is 2.23. The van der Waals surface area contributed by atoms with Gasteiger partial charge < -0.3 is 20.4 Å². The largest absolute Gasteiger partial charge is 0.481 e. The molecule has 2 aliphatic carbocycles. The normalized spacial score (nSPS) is 28.3. The zero-order chi connectivity index (χ0) is 18.3. The van der Waals surface area contributed by atoms with Crippen molar-refractivity contribution in [1.82, 2.24) is 0 Å². The molecule has 0 aliphatic heterocycles. The van der Waals surface area contributed by atoms with E-state index in [2.05, 4.69) is 0 Å². The second-order valence-electron chi connectivity index (χ2n) is 5.70. The minimum absolute atomic E-state index is 0.419. The Balaban J connectivity index is 0.000000240. The molecule has 8 nitrogen and oxygen atoms in total. The van der Waals surface area contributed by atoms with Crippen molar-refractivity contribution in [3.63, 3.8) is 0 Å². The molecular formula is C16H20O8. The van der Waals surface area contributed by atoms with Crippen molar-refractivity contribution >= 4 is 23.9 Å². The van der Waals surface area contributed by atoms with E-state index < -0.39 is 47.5 Å². The molecule has 0 aromatic rings. The van der Waals surface area contributed by atoms with Crippen molar-refractivity contribution < 1.29 is 39.6 Å². The lowest BCUT2D eigenvalue weighted by Gasteiger charge is -2.16. The van der Waals surface area contributed by atoms with Crippen LogP contribution in [0, 0.1) is 23.7 Å². The molecule has 0 fully saturated rings. The minimum atomic E-state index is -0.880. The number of rotatable bonds is 4. The SMILES string of the molecule is O=C(O)C1C=CC(C(=O)O)CC1.O=C(O)C1C=CC(C(=O)O)CC1. The molecule has 0 amide bonds. The summed E-state index contributed by atoms with van der Waals surface area (Å²) in [7, 11) is 0. The Kier molecular flexibility index (Phi) is 7.16. The first-order chi connectivity index (χ1) is 11.2. The predicted molar refractivity (Wildman–Crippen MR) is 81.3 cm³/mol. The average molecular weight is 340 g/mol. The molecule has 132 valence electrons. The number of hydrogen-bond acceptors (Lipinski definition) is 4. The quantitative estimate of drug-likeness (QED) is 0.562. The highest BCUT2D eigenvalue weighted by Gasteiger charge is 2.25. The molecule has 0 bridgehead atoms. The van der Waals surface area contributed by atoms with E-state index in [4.69, 9.17) is 20.4 Å². The van der Waals surface area contributed by atoms with Crippen LogP contribution in [0.5, 0.6) is 0 Å². The van der Waals surface area contributed by atoms with E-state index in [1.807, 2.05) is 0 Å². The second-order valence-corrected chi connectivity index (χ2v) is 5.70. The van der Waals surface area contributed by atoms with Gasteiger partial charge >= 0.3 is 23.9 Å². The van der Waals surface area contributed by atoms with Crippen molar-refractivity contribution in [2.75, 3.05) is 0 Å². The van der Waals surface area contributed by atoms with Crippen LogP contribution in [0.4, 0.5) is 0 Å². The maximum atomic E-state index is 10.4. The molecule has 4 unspecified atom stereocenters. The molecule has 0 spiro atoms. The highest BCUT2D eigenvalue weighted by molar-refractivity contribution is 5.76. The standard InChI is InChI=1S/2C8H10O4/c2*9-7(10)5-1-2-6(4-3-5)8(11)12/h2*1-2,5-6H,3-4H2,(H,9,10)(H,11,12). The van der Waals surface area contributed by atoms with Crippen molar-refractivity contribution in [3.05, 3.63) is 24.3 Å². The fraction of sp³-hybridized carbons (Fsp3) is 0.500. The van der Waals surface area contributed by atoms with Crippen LogP contribution < -0.4 is 0 Å². The molecule has 4 N–H and O–H groups in total. The van der Waals surface area contributed by atoms with E-state index in [1.54, 1.807) is 0 Å². The molecule has 2 rings (SSSR count). The Morgan fingerprint density at radius 3 is 0.750 bits per heavy atom. The summed E-state index contributed by atoms with van der Waals surface area (Å²) in [6.07, 6.45) is 7.53. The van der Waals surface area contributed by atoms with Gasteiger partial charge in [0.25, 0.3) is 0 Å². The third-order valence-corrected chi connectivity index (χ3v) is 4.00. The predicted octanol–water partition coefficient (Wildman–Crippen LogP) is 1.48. The van der Waals surface area contributed by atoms with Gasteiger partial charge in [0, 0.05) is 0 Å². The van der Waals surface area contributed by atoms with Gasteiger partial charge in [-0.1, -0.05) is 24.3 Å². The van der Waals surface area contributed by atoms with Crippen LogP contribution in [0.15, 0.2) is 24.3 Å². The van der Waals surface area contributed by atoms with Crippen LogP contribution in [0.25, 0.3) is 0 Å². The third-order valence-electron chi connectivity index (χ3n) is 4.00. The van der Waals surface area contributed by atoms with Gasteiger partial charge in [-0.25, -0.2) is 0 Å². The van der Waals surface area contributed by atoms with Crippen molar-refractivity contribution in [3.8, 4) is 0 Å². The lowest BCUT2D eigenvalue weighted by atomic mass is 9.89. The summed E-state index contributed by atoms with van der Waals surface area (Å²) < 4.78 is 0. The molecule has 4 atom stereocenters. The van der Waals surface area contributed by atoms with E-state index >= 15 is 0 Å². The lowest BCUT2D eigenvalue weighted by Crippen LogP contribution is -2.20. The molecule has 8 heteroatoms. The highest BCUT2D eigenvalue weighted by atomic mass is 16.4. The number of carboxylic acid groups (broad SMARTS) is 4. The van der Waals surface area contributed by atoms with Gasteiger partial charge in [0.05, 0.1) is 23.7 Å². The van der Waals surface area contributed by atoms with Crippen LogP contribution in [0.1, 0.15) is 25.7 Å². The molecule has 2 aliphatic rings. The fourth-order valence-electron chi connectivity index (χ4n) is 2.46. The number of hydrogen-bond donors (Lipinski definition) is 4. The summed E-state index contributed by atoms with van der Waals surface area (Å²) in [6, 6.07) is 0. The van der Waals surface area contributed by atoms with Crippen LogP contribution in [-0.4, -0.2) is 44.3 Å². The molecule has 0 aromatic carbocycles. The summed E-state index contributed by atoms with van der Waals surface area (Å²) in [4.78, 5) is 41.7. The summed E-state index contributed by atoms with van der Waals surface area (Å²) in [5, 5.41) is 34.3. The minimum Gasteiger partial charge on any atom is -0.481 e. The average Bonchev–Trinajstić information content (AvgIpc) is 2.55. The molecule has 24 heavy (non-hydrogen) atoms. The maximum Gasteiger partial charge on any atom is 0.310 e. The summed E-state index contributed by atoms with van der Waals surface area (Å²) in [5.74, 6) is -5.52. The zero-order valence-electron chi connectivity index (χ0n) is 12.9. The van der Waals surface area contributed by atoms with Crippen LogP contribution in [0.2, 0.25) is 0 Å². The van der Waals surface area contributed by atoms with E-state index in [9.17, 15) is 19.2 Å². The Morgan fingerprint density at radius 1 is 0.500 bits per heavy atom. The molecule has 0 aromatic heterocycles. The molecule has 0 heterocycles. The van der Waals surface area contributed by atoms with E-state index in [1.165, 1.54) is 24.3 Å². The van der Waals surface area contributed by atoms with Crippen molar-refractivity contribution in [2.24, 2.45) is 23.7 Å². The molecule has 0 saturated heterocycles. The van der Waals surface area contributed by atoms with Gasteiger partial charge in [-0.3, -0.25) is 19.2 Å². The topological polar surface area (TPSA) is 149 Å². The number of carboxylic acids is 4. The van der Waals surface area contributed by atoms with Gasteiger partial charge in [-0.05, 0) is 25.7 Å². The third kappa shape index (κ3) is 5.86. The van der Waals surface area contributed by atoms with E-state index in [0.717, 1.165) is 0 Å². The Morgan fingerprint density at radius 2 is 0.667 bits per heavy atom. The Labute approximate surface area is 138 Å². The van der Waals surface area contributed by atoms with Gasteiger partial charge in [0.2, 0.25) is 0 Å². The fourth-order valence-corrected chi connectivity index (χ4v) is 2.46. The Bertz CT molecular complexity index is 464. The number of aliphatic carboxylic acids is 4. The Hall–Kier alpha value is -2.64. The molecule has 0 radical (unpaired) electrons. The number of carbonyl (C=O) groups is 4. The zero-order valence-corrected chi connectivity index (χ0v) is 12.9. The van der Waals surface area contributed by atoms with Crippen molar-refractivity contribution in [1.29, 1.82) is 0 Å². The smallest absolute Gasteiger partial charge is 0.310 e. The summed E-state index contributed by atoms with van der Waals surface area (Å²) in [5.41, 5.74) is 0. The van der Waals surface area contributed by atoms with Crippen molar-refractivity contribution in [2.45, 2.75) is 25.7 Å². The molecular weight excluding hydrogens is 320 g/mol. The maximum absolute atomic E-state index is 10.4. The van der Waals surface area contributed by atoms with Gasteiger partial charge in [0.15, 0.2) is 0 Å². The monoisotopic (exact) mass is 340 g/mol. The summed E-state index contributed by atoms with van der Waals surface area (Å²) in [6.45, 7) is 0. The van der Waals surface area contributed by atoms with Crippen LogP contribution >= 0.6 is 0 Å². The first-order valence-corrected chi connectivity index (χ1v) is 7.50. The van der Waals surface area contributed by atoms with Gasteiger partial charge in [0.1, 0.15) is 0 Å². The van der Waals surface area contributed by atoms with E-state index in [0.29, 0.717) is 25.7 Å². The van der Waals surface area contributed by atoms with Crippen LogP contribution in [0.3, 0.4) is 0 Å². The van der Waals surface area contributed by atoms with Crippen LogP contribution in [-0.2, 0) is 19.2 Å². The first-order valence-electron chi connectivity index (χ1n) is 7.50. The first kappa shape index (κ1) is 19.4.